The first kappa shape index (κ1) is 16.5. The maximum atomic E-state index is 12.6. The van der Waals surface area contributed by atoms with E-state index in [1.807, 2.05) is 44.3 Å². The van der Waals surface area contributed by atoms with Crippen LogP contribution in [0, 0.1) is 13.8 Å². The summed E-state index contributed by atoms with van der Waals surface area (Å²) in [6, 6.07) is 8.03. The zero-order valence-electron chi connectivity index (χ0n) is 14.5. The Morgan fingerprint density at radius 2 is 1.79 bits per heavy atom. The number of nitrogens with zero attached hydrogens (tertiary/aromatic N) is 2. The number of rotatable bonds is 3. The van der Waals surface area contributed by atoms with Gasteiger partial charge in [0.2, 0.25) is 0 Å². The van der Waals surface area contributed by atoms with Crippen LogP contribution in [-0.4, -0.2) is 24.0 Å². The van der Waals surface area contributed by atoms with E-state index in [0.29, 0.717) is 5.56 Å². The molecule has 1 amide bonds. The van der Waals surface area contributed by atoms with E-state index in [9.17, 15) is 4.79 Å². The first-order valence-corrected chi connectivity index (χ1v) is 8.72. The number of hydrogen-bond acceptors (Lipinski definition) is 3. The van der Waals surface area contributed by atoms with Gasteiger partial charge in [-0.25, -0.2) is 0 Å². The van der Waals surface area contributed by atoms with Gasteiger partial charge in [0.05, 0.1) is 17.4 Å². The van der Waals surface area contributed by atoms with E-state index in [1.54, 1.807) is 6.20 Å². The third kappa shape index (κ3) is 3.94. The quantitative estimate of drug-likeness (QED) is 0.914. The lowest BCUT2D eigenvalue weighted by Gasteiger charge is -2.22. The topological polar surface area (TPSA) is 45.2 Å². The van der Waals surface area contributed by atoms with Crippen molar-refractivity contribution in [1.29, 1.82) is 0 Å². The molecule has 1 aliphatic heterocycles. The minimum Gasteiger partial charge on any atom is -0.370 e. The smallest absolute Gasteiger partial charge is 0.257 e. The Morgan fingerprint density at radius 3 is 2.54 bits per heavy atom. The molecule has 0 bridgehead atoms. The molecular weight excluding hydrogens is 298 g/mol. The van der Waals surface area contributed by atoms with E-state index >= 15 is 0 Å². The van der Waals surface area contributed by atoms with Gasteiger partial charge in [-0.1, -0.05) is 25.0 Å². The van der Waals surface area contributed by atoms with Crippen LogP contribution in [0.4, 0.5) is 11.4 Å². The van der Waals surface area contributed by atoms with Crippen LogP contribution < -0.4 is 10.2 Å². The van der Waals surface area contributed by atoms with Crippen molar-refractivity contribution in [3.63, 3.8) is 0 Å². The first-order valence-electron chi connectivity index (χ1n) is 8.72. The van der Waals surface area contributed by atoms with Crippen molar-refractivity contribution in [2.45, 2.75) is 39.5 Å². The highest BCUT2D eigenvalue weighted by atomic mass is 16.1. The molecule has 2 heterocycles. The van der Waals surface area contributed by atoms with Gasteiger partial charge in [0.15, 0.2) is 0 Å². The number of nitrogens with one attached hydrogen (secondary N) is 1. The van der Waals surface area contributed by atoms with E-state index in [2.05, 4.69) is 15.2 Å². The second-order valence-electron chi connectivity index (χ2n) is 6.61. The molecule has 0 radical (unpaired) electrons. The molecular formula is C20H25N3O. The fourth-order valence-electron chi connectivity index (χ4n) is 3.12. The van der Waals surface area contributed by atoms with Crippen molar-refractivity contribution in [3.05, 3.63) is 53.3 Å². The van der Waals surface area contributed by atoms with E-state index < -0.39 is 0 Å². The maximum absolute atomic E-state index is 12.6. The molecule has 1 N–H and O–H groups in total. The summed E-state index contributed by atoms with van der Waals surface area (Å²) in [6.45, 7) is 6.12. The van der Waals surface area contributed by atoms with Crippen LogP contribution >= 0.6 is 0 Å². The summed E-state index contributed by atoms with van der Waals surface area (Å²) >= 11 is 0. The van der Waals surface area contributed by atoms with Gasteiger partial charge in [-0.15, -0.1) is 0 Å². The highest BCUT2D eigenvalue weighted by Crippen LogP contribution is 2.21. The molecule has 3 rings (SSSR count). The minimum atomic E-state index is -0.104. The lowest BCUT2D eigenvalue weighted by atomic mass is 10.1. The zero-order chi connectivity index (χ0) is 16.9. The largest absolute Gasteiger partial charge is 0.370 e. The average Bonchev–Trinajstić information content (AvgIpc) is 2.87. The number of carbonyl (C=O) groups is 1. The Kier molecular flexibility index (Phi) is 5.14. The maximum Gasteiger partial charge on any atom is 0.257 e. The van der Waals surface area contributed by atoms with Gasteiger partial charge in [0, 0.05) is 25.0 Å². The van der Waals surface area contributed by atoms with Crippen LogP contribution in [0.15, 0.2) is 36.7 Å². The molecule has 24 heavy (non-hydrogen) atoms. The average molecular weight is 323 g/mol. The van der Waals surface area contributed by atoms with Crippen molar-refractivity contribution in [2.75, 3.05) is 23.3 Å². The number of carbonyl (C=O) groups excluding carboxylic acids is 1. The van der Waals surface area contributed by atoms with Crippen LogP contribution in [0.25, 0.3) is 0 Å². The second kappa shape index (κ2) is 7.47. The van der Waals surface area contributed by atoms with Gasteiger partial charge in [0.25, 0.3) is 5.91 Å². The molecule has 0 aliphatic carbocycles. The van der Waals surface area contributed by atoms with Crippen LogP contribution in [0.5, 0.6) is 0 Å². The molecule has 1 aromatic carbocycles. The van der Waals surface area contributed by atoms with Crippen molar-refractivity contribution >= 4 is 17.3 Å². The highest BCUT2D eigenvalue weighted by Gasteiger charge is 2.14. The van der Waals surface area contributed by atoms with E-state index in [1.165, 1.54) is 25.7 Å². The first-order chi connectivity index (χ1) is 11.6. The molecule has 0 unspecified atom stereocenters. The van der Waals surface area contributed by atoms with Gasteiger partial charge < -0.3 is 10.2 Å². The lowest BCUT2D eigenvalue weighted by molar-refractivity contribution is 0.102. The van der Waals surface area contributed by atoms with Crippen molar-refractivity contribution < 1.29 is 4.79 Å². The molecule has 1 saturated heterocycles. The van der Waals surface area contributed by atoms with Crippen molar-refractivity contribution in [2.24, 2.45) is 0 Å². The van der Waals surface area contributed by atoms with E-state index in [4.69, 9.17) is 0 Å². The molecule has 0 atom stereocenters. The minimum absolute atomic E-state index is 0.104. The fourth-order valence-corrected chi connectivity index (χ4v) is 3.12. The second-order valence-corrected chi connectivity index (χ2v) is 6.61. The van der Waals surface area contributed by atoms with Gasteiger partial charge in [-0.05, 0) is 49.9 Å². The third-order valence-corrected chi connectivity index (χ3v) is 4.60. The summed E-state index contributed by atoms with van der Waals surface area (Å²) in [6.07, 6.45) is 8.49. The Labute approximate surface area is 143 Å². The van der Waals surface area contributed by atoms with Crippen LogP contribution in [0.3, 0.4) is 0 Å². The normalized spacial score (nSPS) is 15.0. The molecule has 126 valence electrons. The van der Waals surface area contributed by atoms with Gasteiger partial charge in [-0.2, -0.15) is 0 Å². The number of anilines is 2. The summed E-state index contributed by atoms with van der Waals surface area (Å²) < 4.78 is 0. The van der Waals surface area contributed by atoms with Crippen LogP contribution in [0.2, 0.25) is 0 Å². The molecule has 2 aromatic rings. The molecule has 4 heteroatoms. The number of benzene rings is 1. The fraction of sp³-hybridized carbons (Fsp3) is 0.400. The monoisotopic (exact) mass is 323 g/mol. The molecule has 4 nitrogen and oxygen atoms in total. The number of aromatic nitrogens is 1. The standard InChI is InChI=1S/C20H25N3O/c1-15-7-8-16(2)19(11-15)22-20(24)17-12-18(14-21-13-17)23-9-5-3-4-6-10-23/h7-8,11-14H,3-6,9-10H2,1-2H3,(H,22,24). The number of hydrogen-bond donors (Lipinski definition) is 1. The number of aryl methyl sites for hydroxylation is 2. The van der Waals surface area contributed by atoms with Crippen LogP contribution in [-0.2, 0) is 0 Å². The summed E-state index contributed by atoms with van der Waals surface area (Å²) in [5, 5.41) is 3.01. The van der Waals surface area contributed by atoms with Crippen LogP contribution in [0.1, 0.15) is 47.2 Å². The zero-order valence-corrected chi connectivity index (χ0v) is 14.5. The molecule has 1 aliphatic rings. The van der Waals surface area contributed by atoms with Gasteiger partial charge in [0.1, 0.15) is 0 Å². The van der Waals surface area contributed by atoms with E-state index in [0.717, 1.165) is 35.6 Å². The molecule has 0 saturated carbocycles. The molecule has 0 spiro atoms. The summed E-state index contributed by atoms with van der Waals surface area (Å²) in [5.74, 6) is -0.104. The van der Waals surface area contributed by atoms with E-state index in [-0.39, 0.29) is 5.91 Å². The highest BCUT2D eigenvalue weighted by molar-refractivity contribution is 6.05. The third-order valence-electron chi connectivity index (χ3n) is 4.60. The number of pyridine rings is 1. The lowest BCUT2D eigenvalue weighted by Crippen LogP contribution is -2.24. The SMILES string of the molecule is Cc1ccc(C)c(NC(=O)c2cncc(N3CCCCCC3)c2)c1. The Hall–Kier alpha value is -2.36. The Morgan fingerprint density at radius 1 is 1.04 bits per heavy atom. The van der Waals surface area contributed by atoms with Crippen molar-refractivity contribution in [3.8, 4) is 0 Å². The summed E-state index contributed by atoms with van der Waals surface area (Å²) in [4.78, 5) is 19.2. The predicted octanol–water partition coefficient (Wildman–Crippen LogP) is 4.33. The van der Waals surface area contributed by atoms with Gasteiger partial charge >= 0.3 is 0 Å². The molecule has 1 fully saturated rings. The summed E-state index contributed by atoms with van der Waals surface area (Å²) in [5.41, 5.74) is 4.71. The summed E-state index contributed by atoms with van der Waals surface area (Å²) in [7, 11) is 0. The Balaban J connectivity index is 1.77. The predicted molar refractivity (Wildman–Crippen MR) is 98.8 cm³/mol. The van der Waals surface area contributed by atoms with Gasteiger partial charge in [-0.3, -0.25) is 9.78 Å². The van der Waals surface area contributed by atoms with Crippen molar-refractivity contribution in [1.82, 2.24) is 4.98 Å². The molecule has 1 aromatic heterocycles. The number of amides is 1. The Bertz CT molecular complexity index is 719.